The SMILES string of the molecule is Fc1ccc(CBr)cc1Br. The van der Waals surface area contributed by atoms with E-state index in [4.69, 9.17) is 0 Å². The van der Waals surface area contributed by atoms with Crippen LogP contribution in [0.4, 0.5) is 4.39 Å². The summed E-state index contributed by atoms with van der Waals surface area (Å²) in [6.45, 7) is 0. The molecule has 54 valence electrons. The first-order valence-corrected chi connectivity index (χ1v) is 4.65. The van der Waals surface area contributed by atoms with E-state index in [-0.39, 0.29) is 5.82 Å². The summed E-state index contributed by atoms with van der Waals surface area (Å²) in [6.07, 6.45) is 0. The summed E-state index contributed by atoms with van der Waals surface area (Å²) in [5.74, 6) is -0.218. The summed E-state index contributed by atoms with van der Waals surface area (Å²) < 4.78 is 13.1. The molecule has 1 aromatic carbocycles. The molecule has 0 fully saturated rings. The van der Waals surface area contributed by atoms with E-state index < -0.39 is 0 Å². The number of alkyl halides is 1. The first-order chi connectivity index (χ1) is 4.74. The van der Waals surface area contributed by atoms with Crippen LogP contribution < -0.4 is 0 Å². The number of rotatable bonds is 1. The fourth-order valence-electron chi connectivity index (χ4n) is 0.623. The van der Waals surface area contributed by atoms with Crippen molar-refractivity contribution in [3.63, 3.8) is 0 Å². The van der Waals surface area contributed by atoms with Crippen LogP contribution in [0.1, 0.15) is 5.56 Å². The molecule has 0 heterocycles. The van der Waals surface area contributed by atoms with Crippen LogP contribution >= 0.6 is 31.9 Å². The fraction of sp³-hybridized carbons (Fsp3) is 0.143. The maximum Gasteiger partial charge on any atom is 0.137 e. The lowest BCUT2D eigenvalue weighted by atomic mass is 10.2. The standard InChI is InChI=1S/C7H5Br2F/c8-4-5-1-2-7(10)6(9)3-5/h1-3H,4H2. The quantitative estimate of drug-likeness (QED) is 0.684. The fourth-order valence-corrected chi connectivity index (χ4v) is 1.40. The smallest absolute Gasteiger partial charge is 0.137 e. The van der Waals surface area contributed by atoms with Gasteiger partial charge in [0.25, 0.3) is 0 Å². The molecule has 0 aliphatic carbocycles. The average Bonchev–Trinajstić information content (AvgIpc) is 1.95. The highest BCUT2D eigenvalue weighted by Gasteiger charge is 1.97. The monoisotopic (exact) mass is 266 g/mol. The van der Waals surface area contributed by atoms with Crippen LogP contribution in [0.2, 0.25) is 0 Å². The number of benzene rings is 1. The van der Waals surface area contributed by atoms with E-state index in [1.165, 1.54) is 6.07 Å². The van der Waals surface area contributed by atoms with Crippen LogP contribution in [0.15, 0.2) is 22.7 Å². The van der Waals surface area contributed by atoms with E-state index in [2.05, 4.69) is 31.9 Å². The molecule has 0 atom stereocenters. The van der Waals surface area contributed by atoms with Gasteiger partial charge in [0, 0.05) is 5.33 Å². The van der Waals surface area contributed by atoms with Crippen molar-refractivity contribution in [3.05, 3.63) is 34.1 Å². The molecule has 0 amide bonds. The van der Waals surface area contributed by atoms with Crippen molar-refractivity contribution in [2.45, 2.75) is 5.33 Å². The van der Waals surface area contributed by atoms with Crippen LogP contribution in [0, 0.1) is 5.82 Å². The Bertz CT molecular complexity index is 235. The Morgan fingerprint density at radius 1 is 1.40 bits per heavy atom. The van der Waals surface area contributed by atoms with Gasteiger partial charge < -0.3 is 0 Å². The highest BCUT2D eigenvalue weighted by Crippen LogP contribution is 2.17. The van der Waals surface area contributed by atoms with Gasteiger partial charge in [0.05, 0.1) is 4.47 Å². The summed E-state index contributed by atoms with van der Waals surface area (Å²) in [5.41, 5.74) is 1.06. The molecule has 0 unspecified atom stereocenters. The Hall–Kier alpha value is 0.110. The minimum atomic E-state index is -0.218. The lowest BCUT2D eigenvalue weighted by Gasteiger charge is -1.96. The van der Waals surface area contributed by atoms with Gasteiger partial charge in [0.1, 0.15) is 5.82 Å². The van der Waals surface area contributed by atoms with E-state index in [9.17, 15) is 4.39 Å². The predicted molar refractivity (Wildman–Crippen MR) is 46.7 cm³/mol. The van der Waals surface area contributed by atoms with Crippen LogP contribution in [0.5, 0.6) is 0 Å². The first kappa shape index (κ1) is 8.21. The van der Waals surface area contributed by atoms with Crippen LogP contribution in [0.3, 0.4) is 0 Å². The molecule has 0 N–H and O–H groups in total. The molecule has 0 saturated carbocycles. The number of halogens is 3. The molecule has 0 nitrogen and oxygen atoms in total. The molecule has 10 heavy (non-hydrogen) atoms. The maximum absolute atomic E-state index is 12.6. The molecule has 1 rings (SSSR count). The molecular weight excluding hydrogens is 263 g/mol. The molecule has 1 aromatic rings. The van der Waals surface area contributed by atoms with Gasteiger partial charge in [-0.1, -0.05) is 22.0 Å². The lowest BCUT2D eigenvalue weighted by Crippen LogP contribution is -1.80. The van der Waals surface area contributed by atoms with Crippen molar-refractivity contribution in [3.8, 4) is 0 Å². The molecule has 0 bridgehead atoms. The highest BCUT2D eigenvalue weighted by molar-refractivity contribution is 9.10. The van der Waals surface area contributed by atoms with Gasteiger partial charge in [0.15, 0.2) is 0 Å². The van der Waals surface area contributed by atoms with E-state index in [1.54, 1.807) is 12.1 Å². The molecular formula is C7H5Br2F. The maximum atomic E-state index is 12.6. The summed E-state index contributed by atoms with van der Waals surface area (Å²) in [5, 5.41) is 0.756. The van der Waals surface area contributed by atoms with E-state index >= 15 is 0 Å². The van der Waals surface area contributed by atoms with E-state index in [0.29, 0.717) is 4.47 Å². The largest absolute Gasteiger partial charge is 0.206 e. The second-order valence-electron chi connectivity index (χ2n) is 1.88. The third-order valence-corrected chi connectivity index (χ3v) is 2.39. The molecule has 0 aromatic heterocycles. The average molecular weight is 268 g/mol. The molecule has 0 saturated heterocycles. The third-order valence-electron chi connectivity index (χ3n) is 1.14. The second-order valence-corrected chi connectivity index (χ2v) is 3.30. The summed E-state index contributed by atoms with van der Waals surface area (Å²) in [7, 11) is 0. The van der Waals surface area contributed by atoms with Gasteiger partial charge in [-0.25, -0.2) is 4.39 Å². The number of hydrogen-bond acceptors (Lipinski definition) is 0. The Morgan fingerprint density at radius 2 is 2.10 bits per heavy atom. The summed E-state index contributed by atoms with van der Waals surface area (Å²) in [6, 6.07) is 4.94. The van der Waals surface area contributed by atoms with Crippen molar-refractivity contribution in [2.24, 2.45) is 0 Å². The zero-order chi connectivity index (χ0) is 7.56. The van der Waals surface area contributed by atoms with Gasteiger partial charge >= 0.3 is 0 Å². The lowest BCUT2D eigenvalue weighted by molar-refractivity contribution is 0.620. The molecule has 0 aliphatic heterocycles. The first-order valence-electron chi connectivity index (χ1n) is 2.74. The Morgan fingerprint density at radius 3 is 2.60 bits per heavy atom. The zero-order valence-electron chi connectivity index (χ0n) is 5.07. The zero-order valence-corrected chi connectivity index (χ0v) is 8.25. The predicted octanol–water partition coefficient (Wildman–Crippen LogP) is 3.48. The Balaban J connectivity index is 3.04. The Kier molecular flexibility index (Phi) is 2.86. The van der Waals surface area contributed by atoms with Crippen molar-refractivity contribution in [1.29, 1.82) is 0 Å². The van der Waals surface area contributed by atoms with Gasteiger partial charge in [-0.15, -0.1) is 0 Å². The third kappa shape index (κ3) is 1.80. The highest BCUT2D eigenvalue weighted by atomic mass is 79.9. The van der Waals surface area contributed by atoms with E-state index in [1.807, 2.05) is 0 Å². The molecule has 0 spiro atoms. The van der Waals surface area contributed by atoms with Crippen molar-refractivity contribution >= 4 is 31.9 Å². The molecule has 3 heteroatoms. The second kappa shape index (κ2) is 3.49. The van der Waals surface area contributed by atoms with Gasteiger partial charge in [0.2, 0.25) is 0 Å². The Labute approximate surface area is 75.7 Å². The minimum absolute atomic E-state index is 0.218. The van der Waals surface area contributed by atoms with E-state index in [0.717, 1.165) is 10.9 Å². The van der Waals surface area contributed by atoms with Crippen LogP contribution in [-0.2, 0) is 5.33 Å². The summed E-state index contributed by atoms with van der Waals surface area (Å²) >= 11 is 6.36. The molecule has 0 aliphatic rings. The van der Waals surface area contributed by atoms with Gasteiger partial charge in [-0.3, -0.25) is 0 Å². The van der Waals surface area contributed by atoms with Crippen molar-refractivity contribution < 1.29 is 4.39 Å². The van der Waals surface area contributed by atoms with Crippen LogP contribution in [-0.4, -0.2) is 0 Å². The van der Waals surface area contributed by atoms with Crippen molar-refractivity contribution in [2.75, 3.05) is 0 Å². The topological polar surface area (TPSA) is 0 Å². The van der Waals surface area contributed by atoms with Gasteiger partial charge in [-0.05, 0) is 33.6 Å². The van der Waals surface area contributed by atoms with Gasteiger partial charge in [-0.2, -0.15) is 0 Å². The molecule has 0 radical (unpaired) electrons. The number of hydrogen-bond donors (Lipinski definition) is 0. The normalized spacial score (nSPS) is 9.90. The summed E-state index contributed by atoms with van der Waals surface area (Å²) in [4.78, 5) is 0. The van der Waals surface area contributed by atoms with Crippen molar-refractivity contribution in [1.82, 2.24) is 0 Å². The van der Waals surface area contributed by atoms with Crippen LogP contribution in [0.25, 0.3) is 0 Å². The minimum Gasteiger partial charge on any atom is -0.206 e.